The lowest BCUT2D eigenvalue weighted by Crippen LogP contribution is -2.54. The number of hydrogen-bond acceptors (Lipinski definition) is 6. The van der Waals surface area contributed by atoms with Crippen LogP contribution in [0.1, 0.15) is 40.0 Å². The van der Waals surface area contributed by atoms with Crippen LogP contribution in [-0.2, 0) is 9.59 Å². The summed E-state index contributed by atoms with van der Waals surface area (Å²) in [5, 5.41) is 2.18. The highest BCUT2D eigenvalue weighted by Crippen LogP contribution is 2.30. The molecule has 140 valence electrons. The summed E-state index contributed by atoms with van der Waals surface area (Å²) in [5.74, 6) is 0.488. The van der Waals surface area contributed by atoms with Crippen LogP contribution in [0, 0.1) is 12.3 Å². The topological polar surface area (TPSA) is 113 Å². The Kier molecular flexibility index (Phi) is 5.23. The van der Waals surface area contributed by atoms with E-state index in [1.807, 2.05) is 4.90 Å². The van der Waals surface area contributed by atoms with E-state index in [2.05, 4.69) is 11.2 Å². The van der Waals surface area contributed by atoms with Crippen molar-refractivity contribution in [2.24, 2.45) is 5.73 Å². The van der Waals surface area contributed by atoms with Crippen LogP contribution in [-0.4, -0.2) is 54.2 Å². The number of terminal acetylenes is 1. The molecule has 8 heteroatoms. The summed E-state index contributed by atoms with van der Waals surface area (Å²) in [5.41, 5.74) is 6.88. The van der Waals surface area contributed by atoms with Gasteiger partial charge >= 0.3 is 0 Å². The number of amides is 4. The Hall–Kier alpha value is -3.18. The van der Waals surface area contributed by atoms with Crippen LogP contribution in [0.2, 0.25) is 0 Å². The van der Waals surface area contributed by atoms with Gasteiger partial charge in [0.2, 0.25) is 11.8 Å². The van der Waals surface area contributed by atoms with Crippen molar-refractivity contribution >= 4 is 29.3 Å². The molecule has 1 atom stereocenters. The molecule has 1 fully saturated rings. The first-order valence-corrected chi connectivity index (χ1v) is 8.72. The van der Waals surface area contributed by atoms with Crippen LogP contribution in [0.3, 0.4) is 0 Å². The lowest BCUT2D eigenvalue weighted by atomic mass is 10.0. The number of nitrogens with zero attached hydrogens (tertiary/aromatic N) is 2. The number of carbonyl (C=O) groups excluding carboxylic acids is 4. The molecule has 2 aliphatic rings. The van der Waals surface area contributed by atoms with Crippen LogP contribution in [0.25, 0.3) is 0 Å². The fourth-order valence-electron chi connectivity index (χ4n) is 3.38. The summed E-state index contributed by atoms with van der Waals surface area (Å²) < 4.78 is 0. The number of anilines is 1. The van der Waals surface area contributed by atoms with Gasteiger partial charge in [-0.2, -0.15) is 0 Å². The summed E-state index contributed by atoms with van der Waals surface area (Å²) in [6.45, 7) is 1.54. The number of nitrogens with one attached hydrogen (secondary N) is 1. The average molecular weight is 368 g/mol. The highest BCUT2D eigenvalue weighted by Gasteiger charge is 2.44. The zero-order valence-electron chi connectivity index (χ0n) is 14.7. The van der Waals surface area contributed by atoms with E-state index in [0.717, 1.165) is 10.6 Å². The monoisotopic (exact) mass is 368 g/mol. The number of benzene rings is 1. The molecule has 1 unspecified atom stereocenters. The molecule has 8 nitrogen and oxygen atoms in total. The molecular weight excluding hydrogens is 348 g/mol. The van der Waals surface area contributed by atoms with Crippen molar-refractivity contribution < 1.29 is 19.2 Å². The minimum absolute atomic E-state index is 0.0887. The third-order valence-electron chi connectivity index (χ3n) is 4.71. The Morgan fingerprint density at radius 2 is 1.93 bits per heavy atom. The predicted octanol–water partition coefficient (Wildman–Crippen LogP) is -0.124. The van der Waals surface area contributed by atoms with Gasteiger partial charge in [0, 0.05) is 38.2 Å². The number of fused-ring (bicyclic) bond motifs is 1. The summed E-state index contributed by atoms with van der Waals surface area (Å²) in [6, 6.07) is 3.98. The number of imide groups is 2. The lowest BCUT2D eigenvalue weighted by molar-refractivity contribution is -0.136. The molecule has 2 aliphatic heterocycles. The molecule has 1 aromatic rings. The minimum Gasteiger partial charge on any atom is -0.369 e. The highest BCUT2D eigenvalue weighted by atomic mass is 16.2. The number of hydrogen-bond donors (Lipinski definition) is 2. The Morgan fingerprint density at radius 1 is 1.19 bits per heavy atom. The molecule has 4 amide bonds. The van der Waals surface area contributed by atoms with Crippen LogP contribution >= 0.6 is 0 Å². The van der Waals surface area contributed by atoms with Gasteiger partial charge in [0.15, 0.2) is 0 Å². The molecule has 3 rings (SSSR count). The maximum Gasteiger partial charge on any atom is 0.262 e. The van der Waals surface area contributed by atoms with E-state index in [0.29, 0.717) is 26.1 Å². The summed E-state index contributed by atoms with van der Waals surface area (Å²) in [6.07, 6.45) is 6.07. The fourth-order valence-corrected chi connectivity index (χ4v) is 3.38. The number of nitrogens with two attached hydrogens (primary N) is 1. The second-order valence-electron chi connectivity index (χ2n) is 6.41. The smallest absolute Gasteiger partial charge is 0.262 e. The maximum absolute atomic E-state index is 12.8. The summed E-state index contributed by atoms with van der Waals surface area (Å²) in [4.78, 5) is 51.9. The van der Waals surface area contributed by atoms with Crippen molar-refractivity contribution in [2.75, 3.05) is 24.5 Å². The van der Waals surface area contributed by atoms with Crippen molar-refractivity contribution in [1.82, 2.24) is 10.2 Å². The number of piperidine rings is 1. The molecule has 27 heavy (non-hydrogen) atoms. The minimum atomic E-state index is -0.972. The standard InChI is InChI=1S/C19H20N4O4/c1-2-3-9-22(10-8-20)12-4-5-13-14(11-12)19(27)23(18(13)26)15-6-7-16(24)21-17(15)25/h1,4-5,11,15H,3,6-10,20H2,(H,21,24,25). The van der Waals surface area contributed by atoms with E-state index in [1.54, 1.807) is 18.2 Å². The lowest BCUT2D eigenvalue weighted by Gasteiger charge is -2.27. The largest absolute Gasteiger partial charge is 0.369 e. The second kappa shape index (κ2) is 7.60. The Morgan fingerprint density at radius 3 is 2.59 bits per heavy atom. The maximum atomic E-state index is 12.8. The molecule has 0 spiro atoms. The summed E-state index contributed by atoms with van der Waals surface area (Å²) >= 11 is 0. The van der Waals surface area contributed by atoms with Gasteiger partial charge in [0.25, 0.3) is 11.8 Å². The van der Waals surface area contributed by atoms with Gasteiger partial charge < -0.3 is 10.6 Å². The van der Waals surface area contributed by atoms with Gasteiger partial charge in [0.1, 0.15) is 6.04 Å². The molecular formula is C19H20N4O4. The van der Waals surface area contributed by atoms with Crippen molar-refractivity contribution in [2.45, 2.75) is 25.3 Å². The van der Waals surface area contributed by atoms with Crippen molar-refractivity contribution in [3.05, 3.63) is 29.3 Å². The highest BCUT2D eigenvalue weighted by molar-refractivity contribution is 6.23. The summed E-state index contributed by atoms with van der Waals surface area (Å²) in [7, 11) is 0. The molecule has 1 aromatic carbocycles. The number of carbonyl (C=O) groups is 4. The molecule has 0 bridgehead atoms. The van der Waals surface area contributed by atoms with E-state index in [1.165, 1.54) is 0 Å². The van der Waals surface area contributed by atoms with Crippen molar-refractivity contribution in [1.29, 1.82) is 0 Å². The van der Waals surface area contributed by atoms with E-state index in [9.17, 15) is 19.2 Å². The van der Waals surface area contributed by atoms with E-state index >= 15 is 0 Å². The predicted molar refractivity (Wildman–Crippen MR) is 97.8 cm³/mol. The second-order valence-corrected chi connectivity index (χ2v) is 6.41. The molecule has 2 heterocycles. The van der Waals surface area contributed by atoms with Gasteiger partial charge in [0.05, 0.1) is 11.1 Å². The van der Waals surface area contributed by atoms with Gasteiger partial charge in [-0.3, -0.25) is 29.4 Å². The van der Waals surface area contributed by atoms with Gasteiger partial charge in [-0.25, -0.2) is 0 Å². The van der Waals surface area contributed by atoms with Crippen molar-refractivity contribution in [3.63, 3.8) is 0 Å². The molecule has 0 saturated carbocycles. The Bertz CT molecular complexity index is 858. The fraction of sp³-hybridized carbons (Fsp3) is 0.368. The third-order valence-corrected chi connectivity index (χ3v) is 4.71. The molecule has 0 aromatic heterocycles. The van der Waals surface area contributed by atoms with Crippen LogP contribution in [0.5, 0.6) is 0 Å². The molecule has 1 saturated heterocycles. The SMILES string of the molecule is C#CCCN(CCN)c1ccc2c(c1)C(=O)N(C1CCC(=O)NC1=O)C2=O. The third kappa shape index (κ3) is 3.41. The zero-order chi connectivity index (χ0) is 19.6. The molecule has 0 aliphatic carbocycles. The first-order valence-electron chi connectivity index (χ1n) is 8.72. The average Bonchev–Trinajstić information content (AvgIpc) is 2.89. The van der Waals surface area contributed by atoms with E-state index in [-0.39, 0.29) is 24.0 Å². The van der Waals surface area contributed by atoms with E-state index < -0.39 is 29.7 Å². The zero-order valence-corrected chi connectivity index (χ0v) is 14.7. The van der Waals surface area contributed by atoms with Crippen LogP contribution in [0.15, 0.2) is 18.2 Å². The first kappa shape index (κ1) is 18.6. The Labute approximate surface area is 156 Å². The molecule has 0 radical (unpaired) electrons. The van der Waals surface area contributed by atoms with Crippen molar-refractivity contribution in [3.8, 4) is 12.3 Å². The van der Waals surface area contributed by atoms with Gasteiger partial charge in [-0.1, -0.05) is 0 Å². The normalized spacial score (nSPS) is 19.0. The van der Waals surface area contributed by atoms with E-state index in [4.69, 9.17) is 12.2 Å². The quantitative estimate of drug-likeness (QED) is 0.535. The number of rotatable bonds is 6. The van der Waals surface area contributed by atoms with Gasteiger partial charge in [-0.05, 0) is 24.6 Å². The van der Waals surface area contributed by atoms with Crippen LogP contribution < -0.4 is 16.0 Å². The van der Waals surface area contributed by atoms with Gasteiger partial charge in [-0.15, -0.1) is 12.3 Å². The molecule has 3 N–H and O–H groups in total. The Balaban J connectivity index is 1.89. The first-order chi connectivity index (χ1) is 13.0. The van der Waals surface area contributed by atoms with Crippen LogP contribution in [0.4, 0.5) is 5.69 Å².